The zero-order valence-electron chi connectivity index (χ0n) is 10.9. The van der Waals surface area contributed by atoms with Crippen LogP contribution < -0.4 is 22.3 Å². The minimum Gasteiger partial charge on any atom is -0.398 e. The van der Waals surface area contributed by atoms with Gasteiger partial charge in [0, 0.05) is 10.7 Å². The van der Waals surface area contributed by atoms with Gasteiger partial charge in [-0.05, 0) is 60.7 Å². The standard InChI is InChI=1S/C14H17ClN4S/c15-10-1-2-12(16)11(6-10)13(18-19-14(17)20)9-4-7-3-8(7)5-9/h1-2,4,6-8,13,18H,3,5,16H2,(H3,17,19,20)/t7?,8-,13-/m0/s1. The van der Waals surface area contributed by atoms with Crippen LogP contribution in [0.25, 0.3) is 0 Å². The third kappa shape index (κ3) is 2.75. The van der Waals surface area contributed by atoms with Gasteiger partial charge in [-0.3, -0.25) is 5.43 Å². The Bertz CT molecular complexity index is 587. The second-order valence-electron chi connectivity index (χ2n) is 5.45. The van der Waals surface area contributed by atoms with Gasteiger partial charge in [0.2, 0.25) is 0 Å². The zero-order valence-corrected chi connectivity index (χ0v) is 12.5. The first-order chi connectivity index (χ1) is 9.54. The van der Waals surface area contributed by atoms with Crippen molar-refractivity contribution in [3.8, 4) is 0 Å². The van der Waals surface area contributed by atoms with Crippen LogP contribution in [0.1, 0.15) is 24.4 Å². The van der Waals surface area contributed by atoms with E-state index in [1.54, 1.807) is 6.07 Å². The molecule has 0 bridgehead atoms. The number of benzene rings is 1. The Morgan fingerprint density at radius 3 is 2.90 bits per heavy atom. The number of anilines is 1. The predicted octanol–water partition coefficient (Wildman–Crippen LogP) is 2.27. The molecule has 1 fully saturated rings. The van der Waals surface area contributed by atoms with Crippen LogP contribution in [-0.2, 0) is 0 Å². The maximum Gasteiger partial charge on any atom is 0.178 e. The highest BCUT2D eigenvalue weighted by Crippen LogP contribution is 2.53. The van der Waals surface area contributed by atoms with Crippen LogP contribution in [0.2, 0.25) is 5.02 Å². The van der Waals surface area contributed by atoms with E-state index in [0.29, 0.717) is 10.7 Å². The Kier molecular flexibility index (Phi) is 3.58. The largest absolute Gasteiger partial charge is 0.398 e. The fourth-order valence-electron chi connectivity index (χ4n) is 2.88. The van der Waals surface area contributed by atoms with Crippen LogP contribution in [0, 0.1) is 11.8 Å². The smallest absolute Gasteiger partial charge is 0.178 e. The van der Waals surface area contributed by atoms with Gasteiger partial charge in [0.1, 0.15) is 0 Å². The zero-order chi connectivity index (χ0) is 14.3. The van der Waals surface area contributed by atoms with Crippen molar-refractivity contribution in [2.75, 3.05) is 5.73 Å². The topological polar surface area (TPSA) is 76.1 Å². The first-order valence-corrected chi connectivity index (χ1v) is 7.39. The lowest BCUT2D eigenvalue weighted by atomic mass is 9.95. The number of nitrogens with one attached hydrogen (secondary N) is 2. The molecule has 1 unspecified atom stereocenters. The van der Waals surface area contributed by atoms with Crippen molar-refractivity contribution in [2.45, 2.75) is 18.9 Å². The van der Waals surface area contributed by atoms with Gasteiger partial charge in [0.15, 0.2) is 5.11 Å². The van der Waals surface area contributed by atoms with Crippen LogP contribution in [-0.4, -0.2) is 5.11 Å². The molecular weight excluding hydrogens is 292 g/mol. The van der Waals surface area contributed by atoms with Crippen LogP contribution in [0.4, 0.5) is 5.69 Å². The quantitative estimate of drug-likeness (QED) is 0.297. The molecule has 0 spiro atoms. The van der Waals surface area contributed by atoms with Gasteiger partial charge in [-0.2, -0.15) is 0 Å². The molecule has 2 aliphatic rings. The number of hydrogen-bond acceptors (Lipinski definition) is 3. The summed E-state index contributed by atoms with van der Waals surface area (Å²) in [6.45, 7) is 0. The van der Waals surface area contributed by atoms with E-state index in [-0.39, 0.29) is 11.2 Å². The van der Waals surface area contributed by atoms with E-state index in [0.717, 1.165) is 23.8 Å². The maximum absolute atomic E-state index is 6.09. The molecule has 4 nitrogen and oxygen atoms in total. The molecular formula is C14H17ClN4S. The second-order valence-corrected chi connectivity index (χ2v) is 6.32. The molecule has 6 N–H and O–H groups in total. The molecule has 0 aliphatic heterocycles. The van der Waals surface area contributed by atoms with Crippen molar-refractivity contribution in [1.29, 1.82) is 0 Å². The van der Waals surface area contributed by atoms with Crippen molar-refractivity contribution in [3.05, 3.63) is 40.4 Å². The highest BCUT2D eigenvalue weighted by molar-refractivity contribution is 7.80. The summed E-state index contributed by atoms with van der Waals surface area (Å²) in [5, 5.41) is 0.874. The monoisotopic (exact) mass is 308 g/mol. The number of halogens is 1. The lowest BCUT2D eigenvalue weighted by Gasteiger charge is -2.23. The van der Waals surface area contributed by atoms with Crippen LogP contribution >= 0.6 is 23.8 Å². The average molecular weight is 309 g/mol. The lowest BCUT2D eigenvalue weighted by molar-refractivity contribution is 0.549. The van der Waals surface area contributed by atoms with Gasteiger partial charge in [0.05, 0.1) is 6.04 Å². The van der Waals surface area contributed by atoms with Crippen molar-refractivity contribution in [2.24, 2.45) is 17.6 Å². The minimum atomic E-state index is -0.0528. The van der Waals surface area contributed by atoms with E-state index in [1.807, 2.05) is 12.1 Å². The Hall–Kier alpha value is -1.30. The first-order valence-electron chi connectivity index (χ1n) is 6.61. The predicted molar refractivity (Wildman–Crippen MR) is 86.0 cm³/mol. The highest BCUT2D eigenvalue weighted by Gasteiger charge is 2.42. The number of nitrogen functional groups attached to an aromatic ring is 1. The molecule has 3 atom stereocenters. The first kappa shape index (κ1) is 13.7. The summed E-state index contributed by atoms with van der Waals surface area (Å²) in [7, 11) is 0. The highest BCUT2D eigenvalue weighted by atomic mass is 35.5. The molecule has 0 aromatic heterocycles. The van der Waals surface area contributed by atoms with E-state index in [1.165, 1.54) is 12.0 Å². The SMILES string of the molecule is NC(=S)NN[C@@H](C1=CC2C[C@H]2C1)c1cc(Cl)ccc1N. The van der Waals surface area contributed by atoms with Crippen LogP contribution in [0.3, 0.4) is 0 Å². The average Bonchev–Trinajstić information content (AvgIpc) is 3.00. The molecule has 0 saturated heterocycles. The molecule has 1 saturated carbocycles. The number of rotatable bonds is 4. The van der Waals surface area contributed by atoms with E-state index in [4.69, 9.17) is 35.3 Å². The number of nitrogens with two attached hydrogens (primary N) is 2. The fourth-order valence-corrected chi connectivity index (χ4v) is 3.12. The van der Waals surface area contributed by atoms with Crippen LogP contribution in [0.15, 0.2) is 29.8 Å². The summed E-state index contributed by atoms with van der Waals surface area (Å²) in [4.78, 5) is 0. The summed E-state index contributed by atoms with van der Waals surface area (Å²) < 4.78 is 0. The summed E-state index contributed by atoms with van der Waals surface area (Å²) in [5.74, 6) is 1.54. The van der Waals surface area contributed by atoms with Crippen LogP contribution in [0.5, 0.6) is 0 Å². The lowest BCUT2D eigenvalue weighted by Crippen LogP contribution is -2.43. The molecule has 106 valence electrons. The number of hydrogen-bond donors (Lipinski definition) is 4. The van der Waals surface area contributed by atoms with Gasteiger partial charge in [-0.25, -0.2) is 5.43 Å². The normalized spacial score (nSPS) is 24.8. The van der Waals surface area contributed by atoms with Gasteiger partial charge in [-0.15, -0.1) is 0 Å². The summed E-state index contributed by atoms with van der Waals surface area (Å²) in [6, 6.07) is 5.45. The summed E-state index contributed by atoms with van der Waals surface area (Å²) in [5.41, 5.74) is 20.6. The number of allylic oxidation sites excluding steroid dienone is 1. The molecule has 0 heterocycles. The Morgan fingerprint density at radius 1 is 1.45 bits per heavy atom. The van der Waals surface area contributed by atoms with Crippen molar-refractivity contribution in [3.63, 3.8) is 0 Å². The second kappa shape index (κ2) is 5.24. The molecule has 1 aromatic rings. The molecule has 20 heavy (non-hydrogen) atoms. The van der Waals surface area contributed by atoms with E-state index >= 15 is 0 Å². The molecule has 6 heteroatoms. The van der Waals surface area contributed by atoms with Crippen molar-refractivity contribution < 1.29 is 0 Å². The number of hydrazine groups is 1. The molecule has 0 radical (unpaired) electrons. The number of fused-ring (bicyclic) bond motifs is 1. The Balaban J connectivity index is 1.89. The molecule has 3 rings (SSSR count). The molecule has 0 amide bonds. The van der Waals surface area contributed by atoms with E-state index < -0.39 is 0 Å². The van der Waals surface area contributed by atoms with Gasteiger partial charge in [0.25, 0.3) is 0 Å². The van der Waals surface area contributed by atoms with Gasteiger partial charge in [-0.1, -0.05) is 23.3 Å². The Labute approximate surface area is 128 Å². The van der Waals surface area contributed by atoms with Crippen molar-refractivity contribution in [1.82, 2.24) is 10.9 Å². The van der Waals surface area contributed by atoms with Crippen molar-refractivity contribution >= 4 is 34.6 Å². The molecule has 2 aliphatic carbocycles. The maximum atomic E-state index is 6.09. The number of thiocarbonyl (C=S) groups is 1. The third-order valence-corrected chi connectivity index (χ3v) is 4.31. The van der Waals surface area contributed by atoms with Gasteiger partial charge >= 0.3 is 0 Å². The van der Waals surface area contributed by atoms with E-state index in [2.05, 4.69) is 16.9 Å². The van der Waals surface area contributed by atoms with Gasteiger partial charge < -0.3 is 11.5 Å². The fraction of sp³-hybridized carbons (Fsp3) is 0.357. The van der Waals surface area contributed by atoms with E-state index in [9.17, 15) is 0 Å². The summed E-state index contributed by atoms with van der Waals surface area (Å²) >= 11 is 11.0. The third-order valence-electron chi connectivity index (χ3n) is 3.97. The minimum absolute atomic E-state index is 0.0528. The summed E-state index contributed by atoms with van der Waals surface area (Å²) in [6.07, 6.45) is 4.74. The Morgan fingerprint density at radius 2 is 2.25 bits per heavy atom. The molecule has 1 aromatic carbocycles.